The van der Waals surface area contributed by atoms with Crippen LogP contribution in [0.15, 0.2) is 18.2 Å². The van der Waals surface area contributed by atoms with E-state index in [1.165, 1.54) is 16.7 Å². The molecule has 0 amide bonds. The maximum Gasteiger partial charge on any atom is 0.239 e. The quantitative estimate of drug-likeness (QED) is 0.853. The van der Waals surface area contributed by atoms with Gasteiger partial charge in [0.05, 0.1) is 6.04 Å². The van der Waals surface area contributed by atoms with Crippen LogP contribution in [0.4, 0.5) is 5.95 Å². The molecule has 0 bridgehead atoms. The summed E-state index contributed by atoms with van der Waals surface area (Å²) < 4.78 is 2.00. The standard InChI is InChI=1S/C15H20N4/c1-9-4-5-12(8-10(9)2)13-6-7-14-17-15(16)18-19(14)11(13)3/h4-5,8,11,13H,6-7H2,1-3H3,(H2,16,18). The minimum absolute atomic E-state index is 0.315. The Kier molecular flexibility index (Phi) is 2.81. The van der Waals surface area contributed by atoms with Crippen molar-refractivity contribution in [2.24, 2.45) is 0 Å². The van der Waals surface area contributed by atoms with Gasteiger partial charge in [0, 0.05) is 12.3 Å². The van der Waals surface area contributed by atoms with Gasteiger partial charge in [0.1, 0.15) is 5.82 Å². The van der Waals surface area contributed by atoms with Gasteiger partial charge < -0.3 is 5.73 Å². The summed E-state index contributed by atoms with van der Waals surface area (Å²) in [5, 5.41) is 4.33. The van der Waals surface area contributed by atoms with Crippen molar-refractivity contribution in [2.45, 2.75) is 45.6 Å². The van der Waals surface area contributed by atoms with Crippen LogP contribution in [0.25, 0.3) is 0 Å². The van der Waals surface area contributed by atoms with Gasteiger partial charge in [-0.25, -0.2) is 4.68 Å². The molecule has 2 heterocycles. The number of hydrogen-bond donors (Lipinski definition) is 1. The Bertz CT molecular complexity index is 615. The van der Waals surface area contributed by atoms with Crippen LogP contribution in [0.1, 0.15) is 47.8 Å². The second kappa shape index (κ2) is 4.37. The van der Waals surface area contributed by atoms with E-state index in [-0.39, 0.29) is 0 Å². The molecule has 1 aliphatic heterocycles. The fraction of sp³-hybridized carbons (Fsp3) is 0.467. The highest BCUT2D eigenvalue weighted by molar-refractivity contribution is 5.33. The number of fused-ring (bicyclic) bond motifs is 1. The number of aromatic nitrogens is 3. The van der Waals surface area contributed by atoms with Gasteiger partial charge >= 0.3 is 0 Å². The largest absolute Gasteiger partial charge is 0.366 e. The molecule has 0 fully saturated rings. The van der Waals surface area contributed by atoms with Gasteiger partial charge in [-0.15, -0.1) is 5.10 Å². The third-order valence-electron chi connectivity index (χ3n) is 4.32. The van der Waals surface area contributed by atoms with Crippen LogP contribution in [-0.2, 0) is 6.42 Å². The van der Waals surface area contributed by atoms with E-state index in [0.717, 1.165) is 18.7 Å². The fourth-order valence-corrected chi connectivity index (χ4v) is 3.01. The first kappa shape index (κ1) is 12.2. The third-order valence-corrected chi connectivity index (χ3v) is 4.32. The lowest BCUT2D eigenvalue weighted by Crippen LogP contribution is -2.24. The Balaban J connectivity index is 1.97. The van der Waals surface area contributed by atoms with Crippen molar-refractivity contribution >= 4 is 5.95 Å². The minimum Gasteiger partial charge on any atom is -0.366 e. The van der Waals surface area contributed by atoms with Crippen molar-refractivity contribution in [1.29, 1.82) is 0 Å². The zero-order valence-corrected chi connectivity index (χ0v) is 11.7. The van der Waals surface area contributed by atoms with E-state index in [1.807, 2.05) is 4.68 Å². The minimum atomic E-state index is 0.315. The molecule has 2 unspecified atom stereocenters. The summed E-state index contributed by atoms with van der Waals surface area (Å²) in [6.45, 7) is 6.53. The molecule has 0 aliphatic carbocycles. The lowest BCUT2D eigenvalue weighted by atomic mass is 9.84. The number of anilines is 1. The fourth-order valence-electron chi connectivity index (χ4n) is 3.01. The van der Waals surface area contributed by atoms with Crippen LogP contribution in [0.5, 0.6) is 0 Å². The average Bonchev–Trinajstić information content (AvgIpc) is 2.75. The highest BCUT2D eigenvalue weighted by atomic mass is 15.4. The Morgan fingerprint density at radius 2 is 2.05 bits per heavy atom. The molecule has 2 aromatic rings. The van der Waals surface area contributed by atoms with Crippen molar-refractivity contribution in [3.05, 3.63) is 40.7 Å². The lowest BCUT2D eigenvalue weighted by Gasteiger charge is -2.30. The molecule has 2 N–H and O–H groups in total. The number of nitrogens with two attached hydrogens (primary N) is 1. The summed E-state index contributed by atoms with van der Waals surface area (Å²) in [4.78, 5) is 4.29. The lowest BCUT2D eigenvalue weighted by molar-refractivity contribution is 0.338. The zero-order valence-electron chi connectivity index (χ0n) is 11.7. The topological polar surface area (TPSA) is 56.7 Å². The molecular weight excluding hydrogens is 236 g/mol. The predicted molar refractivity (Wildman–Crippen MR) is 76.1 cm³/mol. The first-order chi connectivity index (χ1) is 9.06. The number of aryl methyl sites for hydroxylation is 3. The summed E-state index contributed by atoms with van der Waals surface area (Å²) in [5.74, 6) is 1.90. The van der Waals surface area contributed by atoms with Gasteiger partial charge in [-0.3, -0.25) is 0 Å². The van der Waals surface area contributed by atoms with E-state index >= 15 is 0 Å². The van der Waals surface area contributed by atoms with Crippen molar-refractivity contribution in [2.75, 3.05) is 5.73 Å². The summed E-state index contributed by atoms with van der Waals surface area (Å²) >= 11 is 0. The highest BCUT2D eigenvalue weighted by Crippen LogP contribution is 2.37. The summed E-state index contributed by atoms with van der Waals surface area (Å²) in [7, 11) is 0. The number of hydrogen-bond acceptors (Lipinski definition) is 3. The van der Waals surface area contributed by atoms with Gasteiger partial charge in [0.15, 0.2) is 0 Å². The van der Waals surface area contributed by atoms with E-state index in [1.54, 1.807) is 0 Å². The summed E-state index contributed by atoms with van der Waals surface area (Å²) in [5.41, 5.74) is 9.80. The van der Waals surface area contributed by atoms with Gasteiger partial charge in [-0.05, 0) is 43.9 Å². The first-order valence-electron chi connectivity index (χ1n) is 6.84. The Labute approximate surface area is 113 Å². The van der Waals surface area contributed by atoms with Gasteiger partial charge in [0.2, 0.25) is 5.95 Å². The summed E-state index contributed by atoms with van der Waals surface area (Å²) in [6, 6.07) is 7.08. The normalized spacial score (nSPS) is 22.3. The molecule has 3 rings (SSSR count). The van der Waals surface area contributed by atoms with Crippen LogP contribution in [-0.4, -0.2) is 14.8 Å². The Hall–Kier alpha value is -1.84. The van der Waals surface area contributed by atoms with E-state index in [4.69, 9.17) is 5.73 Å². The maximum absolute atomic E-state index is 5.71. The molecule has 0 saturated heterocycles. The van der Waals surface area contributed by atoms with Crippen molar-refractivity contribution in [3.8, 4) is 0 Å². The van der Waals surface area contributed by atoms with Crippen LogP contribution < -0.4 is 5.73 Å². The number of nitrogens with zero attached hydrogens (tertiary/aromatic N) is 3. The average molecular weight is 256 g/mol. The van der Waals surface area contributed by atoms with Gasteiger partial charge in [0.25, 0.3) is 0 Å². The van der Waals surface area contributed by atoms with E-state index < -0.39 is 0 Å². The molecule has 4 heteroatoms. The molecule has 100 valence electrons. The van der Waals surface area contributed by atoms with Crippen LogP contribution in [0.3, 0.4) is 0 Å². The molecule has 19 heavy (non-hydrogen) atoms. The van der Waals surface area contributed by atoms with Crippen LogP contribution in [0.2, 0.25) is 0 Å². The number of benzene rings is 1. The molecule has 1 aromatic carbocycles. The van der Waals surface area contributed by atoms with E-state index in [9.17, 15) is 0 Å². The molecule has 1 aromatic heterocycles. The first-order valence-corrected chi connectivity index (χ1v) is 6.84. The van der Waals surface area contributed by atoms with Crippen molar-refractivity contribution < 1.29 is 0 Å². The molecule has 0 saturated carbocycles. The van der Waals surface area contributed by atoms with E-state index in [0.29, 0.717) is 17.9 Å². The van der Waals surface area contributed by atoms with Gasteiger partial charge in [-0.1, -0.05) is 18.2 Å². The van der Waals surface area contributed by atoms with Crippen molar-refractivity contribution in [3.63, 3.8) is 0 Å². The maximum atomic E-state index is 5.71. The van der Waals surface area contributed by atoms with Crippen molar-refractivity contribution in [1.82, 2.24) is 14.8 Å². The molecule has 4 nitrogen and oxygen atoms in total. The highest BCUT2D eigenvalue weighted by Gasteiger charge is 2.29. The second-order valence-corrected chi connectivity index (χ2v) is 5.56. The molecule has 0 radical (unpaired) electrons. The summed E-state index contributed by atoms with van der Waals surface area (Å²) in [6.07, 6.45) is 2.06. The predicted octanol–water partition coefficient (Wildman–Crippen LogP) is 2.77. The number of rotatable bonds is 1. The SMILES string of the molecule is Cc1ccc(C2CCc3nc(N)nn3C2C)cc1C. The molecule has 2 atom stereocenters. The second-order valence-electron chi connectivity index (χ2n) is 5.56. The Morgan fingerprint density at radius 1 is 1.26 bits per heavy atom. The van der Waals surface area contributed by atoms with Crippen LogP contribution in [0, 0.1) is 13.8 Å². The van der Waals surface area contributed by atoms with E-state index in [2.05, 4.69) is 49.1 Å². The molecular formula is C15H20N4. The third kappa shape index (κ3) is 2.01. The monoisotopic (exact) mass is 256 g/mol. The number of nitrogen functional groups attached to an aromatic ring is 1. The Morgan fingerprint density at radius 3 is 2.79 bits per heavy atom. The molecule has 1 aliphatic rings. The van der Waals surface area contributed by atoms with Gasteiger partial charge in [-0.2, -0.15) is 4.98 Å². The zero-order chi connectivity index (χ0) is 13.6. The molecule has 0 spiro atoms. The van der Waals surface area contributed by atoms with Crippen LogP contribution >= 0.6 is 0 Å². The smallest absolute Gasteiger partial charge is 0.239 e.